The van der Waals surface area contributed by atoms with E-state index in [4.69, 9.17) is 35.0 Å². The minimum Gasteiger partial charge on any atom is -0.435 e. The molecule has 4 aliphatic heterocycles. The molecule has 5 unspecified atom stereocenters. The summed E-state index contributed by atoms with van der Waals surface area (Å²) in [7, 11) is 0. The van der Waals surface area contributed by atoms with Gasteiger partial charge in [0.1, 0.15) is 24.7 Å². The lowest BCUT2D eigenvalue weighted by Crippen LogP contribution is -2.42. The number of hydrogen-bond donors (Lipinski definition) is 0. The summed E-state index contributed by atoms with van der Waals surface area (Å²) in [5.74, 6) is 1.46. The second kappa shape index (κ2) is 27.2. The van der Waals surface area contributed by atoms with E-state index in [0.717, 1.165) is 156 Å². The highest BCUT2D eigenvalue weighted by atomic mass is 16.4. The Balaban J connectivity index is 0.000000114. The fourth-order valence-electron chi connectivity index (χ4n) is 17.0. The van der Waals surface area contributed by atoms with E-state index in [0.29, 0.717) is 45.5 Å². The van der Waals surface area contributed by atoms with E-state index in [2.05, 4.69) is 132 Å². The van der Waals surface area contributed by atoms with Crippen LogP contribution in [-0.4, -0.2) is 79.6 Å². The normalized spacial score (nSPS) is 18.8. The van der Waals surface area contributed by atoms with Crippen molar-refractivity contribution in [3.8, 4) is 0 Å². The maximum absolute atomic E-state index is 8.82. The molecule has 16 aromatic rings. The molecule has 4 aliphatic rings. The van der Waals surface area contributed by atoms with Gasteiger partial charge in [0.05, 0.1) is 61.0 Å². The second-order valence-corrected chi connectivity index (χ2v) is 29.7. The molecule has 5 atom stereocenters. The highest BCUT2D eigenvalue weighted by Crippen LogP contribution is 2.54. The smallest absolute Gasteiger partial charge is 0.227 e. The van der Waals surface area contributed by atoms with E-state index >= 15 is 0 Å². The molecule has 556 valence electrons. The average molecular weight is 1470 g/mol. The zero-order chi connectivity index (χ0) is 84.5. The van der Waals surface area contributed by atoms with Crippen molar-refractivity contribution in [2.24, 2.45) is 0 Å². The minimum absolute atomic E-state index is 0.0212. The van der Waals surface area contributed by atoms with E-state index in [1.807, 2.05) is 191 Å². The molecule has 0 amide bonds. The quantitative estimate of drug-likeness (QED) is 0.148. The van der Waals surface area contributed by atoms with Crippen molar-refractivity contribution in [2.45, 2.75) is 167 Å². The molecular weight excluding hydrogens is 1370 g/mol. The van der Waals surface area contributed by atoms with Gasteiger partial charge in [-0.25, -0.2) is 29.9 Å². The minimum atomic E-state index is -2.49. The number of benzene rings is 6. The maximum Gasteiger partial charge on any atom is 0.227 e. The van der Waals surface area contributed by atoms with E-state index in [1.54, 1.807) is 29.4 Å². The second-order valence-electron chi connectivity index (χ2n) is 29.7. The predicted octanol–water partition coefficient (Wildman–Crippen LogP) is 23.3. The SMILES string of the molecule is [2H]C(C)(C)N1c2ccccc2N(c2c(C)ccc3c2oc2nc(C)ccc23)C1C.[2H]C(C)(C)N1c2cccnc2N(c2c(C)ccc3c2oc2nc(C)ccc23)C1C.[2H]C([2H])([2H])C([2H])(C)N1c2ccccc2N(c2c(C)ccc3c2oc2nc(C)ccc23)C1C.[2H]C([2H])([2H])N1c2cccnc2N(c2c(C)ccc3c2oc2nc(C)ccc23)C1C. The third-order valence-corrected chi connectivity index (χ3v) is 21.9. The van der Waals surface area contributed by atoms with Crippen LogP contribution in [0.2, 0.25) is 0 Å². The van der Waals surface area contributed by atoms with Crippen LogP contribution in [0, 0.1) is 55.4 Å². The molecule has 0 saturated heterocycles. The largest absolute Gasteiger partial charge is 0.435 e. The van der Waals surface area contributed by atoms with Crippen molar-refractivity contribution >= 4 is 157 Å². The Labute approximate surface area is 654 Å². The van der Waals surface area contributed by atoms with Gasteiger partial charge >= 0.3 is 0 Å². The van der Waals surface area contributed by atoms with Gasteiger partial charge in [-0.3, -0.25) is 0 Å². The van der Waals surface area contributed by atoms with Crippen LogP contribution in [0.4, 0.5) is 68.5 Å². The van der Waals surface area contributed by atoms with Gasteiger partial charge in [0.25, 0.3) is 0 Å². The van der Waals surface area contributed by atoms with Crippen LogP contribution in [0.15, 0.2) is 200 Å². The summed E-state index contributed by atoms with van der Waals surface area (Å²) in [5, 5.41) is 7.94. The fraction of sp³-hybridized carbons (Fsp3) is 0.283. The molecule has 0 bridgehead atoms. The molecule has 0 radical (unpaired) electrons. The Morgan fingerprint density at radius 2 is 0.609 bits per heavy atom. The zero-order valence-corrected chi connectivity index (χ0v) is 65.0. The maximum atomic E-state index is 8.82. The third kappa shape index (κ3) is 11.3. The van der Waals surface area contributed by atoms with Crippen LogP contribution in [0.1, 0.15) is 127 Å². The molecule has 10 aromatic heterocycles. The molecule has 14 heterocycles. The summed E-state index contributed by atoms with van der Waals surface area (Å²) in [4.78, 5) is 43.4. The van der Waals surface area contributed by atoms with E-state index < -0.39 is 44.2 Å². The lowest BCUT2D eigenvalue weighted by molar-refractivity contribution is 0.601. The van der Waals surface area contributed by atoms with Crippen LogP contribution in [-0.2, 0) is 0 Å². The first-order chi connectivity index (χ1) is 56.3. The van der Waals surface area contributed by atoms with Gasteiger partial charge in [-0.15, -0.1) is 0 Å². The lowest BCUT2D eigenvalue weighted by atomic mass is 10.1. The zero-order valence-electron chi connectivity index (χ0n) is 74.0. The lowest BCUT2D eigenvalue weighted by Gasteiger charge is -2.33. The first-order valence-electron chi connectivity index (χ1n) is 41.9. The highest BCUT2D eigenvalue weighted by Gasteiger charge is 2.42. The van der Waals surface area contributed by atoms with Gasteiger partial charge in [0, 0.05) is 112 Å². The molecule has 110 heavy (non-hydrogen) atoms. The summed E-state index contributed by atoms with van der Waals surface area (Å²) in [6.07, 6.45) is 2.51. The molecule has 0 saturated carbocycles. The van der Waals surface area contributed by atoms with Gasteiger partial charge in [-0.1, -0.05) is 72.8 Å². The Bertz CT molecular complexity index is 6270. The van der Waals surface area contributed by atoms with Gasteiger partial charge < -0.3 is 56.9 Å². The number of rotatable bonds is 7. The Morgan fingerprint density at radius 3 is 0.964 bits per heavy atom. The third-order valence-electron chi connectivity index (χ3n) is 21.9. The molecule has 18 heteroatoms. The van der Waals surface area contributed by atoms with Crippen LogP contribution in [0.3, 0.4) is 0 Å². The number of furan rings is 4. The first-order valence-corrected chi connectivity index (χ1v) is 37.4. The highest BCUT2D eigenvalue weighted by molar-refractivity contribution is 6.14. The van der Waals surface area contributed by atoms with E-state index in [1.165, 1.54) is 11.8 Å². The Hall–Kier alpha value is -12.2. The summed E-state index contributed by atoms with van der Waals surface area (Å²) >= 11 is 0. The van der Waals surface area contributed by atoms with Gasteiger partial charge in [0.2, 0.25) is 22.9 Å². The molecular formula is C92H94N14O4. The van der Waals surface area contributed by atoms with Crippen LogP contribution in [0.25, 0.3) is 88.3 Å². The Kier molecular flexibility index (Phi) is 15.0. The van der Waals surface area contributed by atoms with Crippen LogP contribution in [0.5, 0.6) is 0 Å². The van der Waals surface area contributed by atoms with Crippen molar-refractivity contribution in [1.82, 2.24) is 29.9 Å². The standard InChI is InChI=1S/2C24H25N3O.C23H24N4O.C21H20N4O/c2*1-14(2)26-17(5)27(21-9-7-6-8-20(21)26)22-15(3)10-12-18-19-13-11-16(4)25-24(19)28-23(18)22;1-13(2)26-16(5)27(22-19(26)7-6-12-24-22)20-14(3)8-10-17-18-11-9-15(4)25-23(18)28-21(17)20;1-12-7-9-15-16-10-8-13(2)23-21(16)26-19(15)18(12)25-14(3)24(4)17-6-5-11-22-20(17)25/h2*6-14,17H,1-5H3;6-13,16H,1-5H3;5-11,14H,1-4H3/i1D3,14D;14D;13D;4D3. The molecule has 6 aromatic carbocycles. The summed E-state index contributed by atoms with van der Waals surface area (Å²) in [6, 6.07) is 52.9. The van der Waals surface area contributed by atoms with E-state index in [9.17, 15) is 0 Å². The van der Waals surface area contributed by atoms with Gasteiger partial charge in [-0.2, -0.15) is 0 Å². The summed E-state index contributed by atoms with van der Waals surface area (Å²) in [5.41, 5.74) is 22.4. The van der Waals surface area contributed by atoms with Crippen molar-refractivity contribution in [2.75, 3.05) is 46.2 Å². The van der Waals surface area contributed by atoms with E-state index in [-0.39, 0.29) is 12.3 Å². The van der Waals surface area contributed by atoms with Gasteiger partial charge in [0.15, 0.2) is 34.0 Å². The topological polar surface area (TPSA) is 156 Å². The van der Waals surface area contributed by atoms with Gasteiger partial charge in [-0.05, 0) is 244 Å². The number of fused-ring (bicyclic) bond motifs is 16. The fourth-order valence-corrected chi connectivity index (χ4v) is 17.0. The molecule has 0 N–H and O–H groups in total. The van der Waals surface area contributed by atoms with Crippen molar-refractivity contribution < 1.29 is 30.0 Å². The monoisotopic (exact) mass is 1470 g/mol. The van der Waals surface area contributed by atoms with Crippen LogP contribution < -0.4 is 39.2 Å². The molecule has 0 spiro atoms. The van der Waals surface area contributed by atoms with Crippen molar-refractivity contribution in [3.63, 3.8) is 0 Å². The average Bonchev–Trinajstić information content (AvgIpc) is 1.57. The summed E-state index contributed by atoms with van der Waals surface area (Å²) < 4.78 is 99.6. The number of aromatic nitrogens is 6. The Morgan fingerprint density at radius 1 is 0.318 bits per heavy atom. The molecule has 0 fully saturated rings. The van der Waals surface area contributed by atoms with Crippen LogP contribution >= 0.6 is 0 Å². The predicted molar refractivity (Wildman–Crippen MR) is 453 cm³/mol. The number of hydrogen-bond acceptors (Lipinski definition) is 18. The van der Waals surface area contributed by atoms with Crippen molar-refractivity contribution in [3.05, 3.63) is 227 Å². The molecule has 18 nitrogen and oxygen atoms in total. The number of para-hydroxylation sites is 4. The first kappa shape index (κ1) is 60.8. The number of aryl methyl sites for hydroxylation is 8. The number of nitrogens with zero attached hydrogens (tertiary/aromatic N) is 14. The van der Waals surface area contributed by atoms with Crippen molar-refractivity contribution in [1.29, 1.82) is 0 Å². The number of anilines is 12. The summed E-state index contributed by atoms with van der Waals surface area (Å²) in [6.45, 7) is 28.4. The molecule has 0 aliphatic carbocycles. The molecule has 20 rings (SSSR count). The number of pyridine rings is 6.